The Morgan fingerprint density at radius 1 is 0.574 bits per heavy atom. The van der Waals surface area contributed by atoms with Crippen LogP contribution in [0.4, 0.5) is 22.7 Å². The second kappa shape index (κ2) is 22.8. The van der Waals surface area contributed by atoms with Crippen molar-refractivity contribution >= 4 is 56.4 Å². The molecule has 2 aromatic heterocycles. The third-order valence-corrected chi connectivity index (χ3v) is 10.4. The molecule has 10 heteroatoms. The van der Waals surface area contributed by atoms with E-state index in [1.54, 1.807) is 0 Å². The van der Waals surface area contributed by atoms with Gasteiger partial charge in [-0.2, -0.15) is 0 Å². The maximum absolute atomic E-state index is 12.8. The Morgan fingerprint density at radius 3 is 1.59 bits per heavy atom. The van der Waals surface area contributed by atoms with Crippen molar-refractivity contribution in [3.63, 3.8) is 0 Å². The molecule has 0 aliphatic carbocycles. The molecule has 0 saturated carbocycles. The SMILES string of the molecule is CCN(CC)CCCC(C)Nc1ccnc2cc(NC(=O)CCCCCCC(=O)Nc3ccc4nccc(NC(C)CCCN(CC)CC)c4c3)ccc12. The number of rotatable bonds is 25. The van der Waals surface area contributed by atoms with Gasteiger partial charge in [0.1, 0.15) is 0 Å². The fraction of sp³-hybridized carbons (Fsp3) is 0.545. The summed E-state index contributed by atoms with van der Waals surface area (Å²) in [7, 11) is 0. The molecule has 0 aliphatic rings. The molecule has 10 nitrogen and oxygen atoms in total. The largest absolute Gasteiger partial charge is 0.382 e. The van der Waals surface area contributed by atoms with Gasteiger partial charge in [-0.3, -0.25) is 19.6 Å². The smallest absolute Gasteiger partial charge is 0.224 e. The molecule has 0 fully saturated rings. The standard InChI is InChI=1S/C44H66N8O2/c1-7-51(8-2)29-15-17-33(5)47-40-25-28-46-42-32-36(21-23-37(40)42)50-44(54)20-14-12-11-13-19-43(53)49-35-22-24-39-38(31-35)41(26-27-45-39)48-34(6)18-16-30-52(9-3)10-4/h21-28,31-34H,7-20,29-30H2,1-6H3,(H,45,48)(H,46,47)(H,49,53)(H,50,54). The average Bonchev–Trinajstić information content (AvgIpc) is 3.16. The number of anilines is 4. The van der Waals surface area contributed by atoms with Gasteiger partial charge in [0.15, 0.2) is 0 Å². The highest BCUT2D eigenvalue weighted by atomic mass is 16.2. The van der Waals surface area contributed by atoms with E-state index in [4.69, 9.17) is 0 Å². The summed E-state index contributed by atoms with van der Waals surface area (Å²) in [5.41, 5.74) is 5.40. The molecule has 54 heavy (non-hydrogen) atoms. The molecule has 2 atom stereocenters. The number of pyridine rings is 2. The van der Waals surface area contributed by atoms with Crippen LogP contribution < -0.4 is 21.3 Å². The van der Waals surface area contributed by atoms with E-state index in [-0.39, 0.29) is 11.8 Å². The lowest BCUT2D eigenvalue weighted by molar-refractivity contribution is -0.117. The van der Waals surface area contributed by atoms with Crippen LogP contribution in [0.2, 0.25) is 0 Å². The number of hydrogen-bond donors (Lipinski definition) is 4. The highest BCUT2D eigenvalue weighted by Gasteiger charge is 2.12. The molecule has 2 heterocycles. The lowest BCUT2D eigenvalue weighted by Crippen LogP contribution is -2.25. The molecule has 4 rings (SSSR count). The number of nitrogens with one attached hydrogen (secondary N) is 4. The van der Waals surface area contributed by atoms with Crippen molar-refractivity contribution in [2.45, 2.75) is 118 Å². The molecule has 0 saturated heterocycles. The first-order valence-corrected chi connectivity index (χ1v) is 20.6. The van der Waals surface area contributed by atoms with Crippen LogP contribution >= 0.6 is 0 Å². The fourth-order valence-electron chi connectivity index (χ4n) is 7.07. The normalized spacial score (nSPS) is 12.7. The van der Waals surface area contributed by atoms with Crippen LogP contribution in [0.25, 0.3) is 21.8 Å². The lowest BCUT2D eigenvalue weighted by atomic mass is 10.1. The Kier molecular flexibility index (Phi) is 17.9. The summed E-state index contributed by atoms with van der Waals surface area (Å²) in [4.78, 5) is 39.6. The molecular formula is C44H66N8O2. The molecular weight excluding hydrogens is 673 g/mol. The summed E-state index contributed by atoms with van der Waals surface area (Å²) in [6.45, 7) is 19.9. The van der Waals surface area contributed by atoms with Gasteiger partial charge in [-0.1, -0.05) is 40.5 Å². The molecule has 294 valence electrons. The van der Waals surface area contributed by atoms with E-state index in [0.29, 0.717) is 24.9 Å². The van der Waals surface area contributed by atoms with Gasteiger partial charge in [-0.25, -0.2) is 0 Å². The van der Waals surface area contributed by atoms with Crippen LogP contribution in [0, 0.1) is 0 Å². The third-order valence-electron chi connectivity index (χ3n) is 10.4. The van der Waals surface area contributed by atoms with E-state index < -0.39 is 0 Å². The first-order chi connectivity index (χ1) is 26.2. The number of carbonyl (C=O) groups excluding carboxylic acids is 2. The topological polar surface area (TPSA) is 115 Å². The van der Waals surface area contributed by atoms with E-state index in [2.05, 4.69) is 82.6 Å². The van der Waals surface area contributed by atoms with Gasteiger partial charge in [-0.15, -0.1) is 0 Å². The maximum atomic E-state index is 12.8. The van der Waals surface area contributed by atoms with E-state index in [0.717, 1.165) is 135 Å². The Morgan fingerprint density at radius 2 is 1.06 bits per heavy atom. The number of benzene rings is 2. The minimum atomic E-state index is -0.00289. The monoisotopic (exact) mass is 739 g/mol. The van der Waals surface area contributed by atoms with E-state index >= 15 is 0 Å². The molecule has 0 bridgehead atoms. The van der Waals surface area contributed by atoms with Crippen LogP contribution in [-0.2, 0) is 9.59 Å². The van der Waals surface area contributed by atoms with Gasteiger partial charge in [0.05, 0.1) is 11.0 Å². The van der Waals surface area contributed by atoms with Gasteiger partial charge in [0, 0.05) is 70.8 Å². The van der Waals surface area contributed by atoms with Gasteiger partial charge in [0.2, 0.25) is 11.8 Å². The predicted octanol–water partition coefficient (Wildman–Crippen LogP) is 9.55. The van der Waals surface area contributed by atoms with Crippen molar-refractivity contribution in [2.75, 3.05) is 60.5 Å². The average molecular weight is 739 g/mol. The van der Waals surface area contributed by atoms with Crippen molar-refractivity contribution in [3.8, 4) is 0 Å². The number of unbranched alkanes of at least 4 members (excludes halogenated alkanes) is 3. The Balaban J connectivity index is 1.15. The minimum absolute atomic E-state index is 0.00289. The first-order valence-electron chi connectivity index (χ1n) is 20.6. The summed E-state index contributed by atoms with van der Waals surface area (Å²) in [6.07, 6.45) is 12.4. The van der Waals surface area contributed by atoms with Crippen molar-refractivity contribution in [1.82, 2.24) is 19.8 Å². The second-order valence-electron chi connectivity index (χ2n) is 14.6. The highest BCUT2D eigenvalue weighted by molar-refractivity contribution is 5.98. The van der Waals surface area contributed by atoms with Gasteiger partial charge < -0.3 is 31.1 Å². The minimum Gasteiger partial charge on any atom is -0.382 e. The van der Waals surface area contributed by atoms with E-state index in [1.165, 1.54) is 0 Å². The summed E-state index contributed by atoms with van der Waals surface area (Å²) < 4.78 is 0. The van der Waals surface area contributed by atoms with Gasteiger partial charge in [0.25, 0.3) is 0 Å². The summed E-state index contributed by atoms with van der Waals surface area (Å²) >= 11 is 0. The summed E-state index contributed by atoms with van der Waals surface area (Å²) in [6, 6.07) is 16.6. The van der Waals surface area contributed by atoms with Crippen LogP contribution in [0.3, 0.4) is 0 Å². The Bertz CT molecular complexity index is 1740. The van der Waals surface area contributed by atoms with Gasteiger partial charge >= 0.3 is 0 Å². The summed E-state index contributed by atoms with van der Waals surface area (Å²) in [5.74, 6) is 0.000143. The zero-order chi connectivity index (χ0) is 38.7. The molecule has 0 radical (unpaired) electrons. The van der Waals surface area contributed by atoms with Crippen molar-refractivity contribution < 1.29 is 9.59 Å². The maximum Gasteiger partial charge on any atom is 0.224 e. The van der Waals surface area contributed by atoms with Crippen LogP contribution in [0.15, 0.2) is 60.9 Å². The molecule has 4 aromatic rings. The Labute approximate surface area is 324 Å². The molecule has 2 aromatic carbocycles. The number of aromatic nitrogens is 2. The molecule has 0 spiro atoms. The van der Waals surface area contributed by atoms with Gasteiger partial charge in [-0.05, 0) is 140 Å². The van der Waals surface area contributed by atoms with E-state index in [9.17, 15) is 9.59 Å². The number of amides is 2. The summed E-state index contributed by atoms with van der Waals surface area (Å²) in [5, 5.41) is 15.5. The second-order valence-corrected chi connectivity index (χ2v) is 14.6. The highest BCUT2D eigenvalue weighted by Crippen LogP contribution is 2.27. The third kappa shape index (κ3) is 13.9. The van der Waals surface area contributed by atoms with Crippen molar-refractivity contribution in [2.24, 2.45) is 0 Å². The van der Waals surface area contributed by atoms with Crippen LogP contribution in [0.1, 0.15) is 106 Å². The number of nitrogens with zero attached hydrogens (tertiary/aromatic N) is 4. The fourth-order valence-corrected chi connectivity index (χ4v) is 7.07. The lowest BCUT2D eigenvalue weighted by Gasteiger charge is -2.21. The Hall–Kier alpha value is -4.28. The molecule has 2 unspecified atom stereocenters. The van der Waals surface area contributed by atoms with Crippen LogP contribution in [0.5, 0.6) is 0 Å². The molecule has 0 aliphatic heterocycles. The quantitative estimate of drug-likeness (QED) is 0.0498. The van der Waals surface area contributed by atoms with E-state index in [1.807, 2.05) is 60.9 Å². The number of fused-ring (bicyclic) bond motifs is 2. The molecule has 2 amide bonds. The zero-order valence-electron chi connectivity index (χ0n) is 33.8. The van der Waals surface area contributed by atoms with Crippen molar-refractivity contribution in [3.05, 3.63) is 60.9 Å². The number of hydrogen-bond acceptors (Lipinski definition) is 8. The first kappa shape index (κ1) is 42.5. The number of carbonyl (C=O) groups is 2. The van der Waals surface area contributed by atoms with Crippen molar-refractivity contribution in [1.29, 1.82) is 0 Å². The van der Waals surface area contributed by atoms with Crippen LogP contribution in [-0.4, -0.2) is 82.9 Å². The zero-order valence-corrected chi connectivity index (χ0v) is 33.8. The molecule has 4 N–H and O–H groups in total. The predicted molar refractivity (Wildman–Crippen MR) is 229 cm³/mol.